The third-order valence-corrected chi connectivity index (χ3v) is 6.53. The van der Waals surface area contributed by atoms with Crippen LogP contribution in [-0.4, -0.2) is 30.9 Å². The normalized spacial score (nSPS) is 23.1. The summed E-state index contributed by atoms with van der Waals surface area (Å²) in [6.45, 7) is 5.28. The number of aryl methyl sites for hydroxylation is 2. The van der Waals surface area contributed by atoms with Gasteiger partial charge >= 0.3 is 0 Å². The Bertz CT molecular complexity index is 474. The number of hydrogen-bond acceptors (Lipinski definition) is 5. The van der Waals surface area contributed by atoms with Gasteiger partial charge in [0.05, 0.1) is 16.7 Å². The van der Waals surface area contributed by atoms with E-state index in [1.165, 1.54) is 4.88 Å². The maximum atomic E-state index is 11.6. The van der Waals surface area contributed by atoms with Gasteiger partial charge in [0.25, 0.3) is 0 Å². The number of thiazole rings is 1. The molecule has 1 fully saturated rings. The summed E-state index contributed by atoms with van der Waals surface area (Å²) < 4.78 is 23.2. The molecule has 0 bridgehead atoms. The molecule has 0 saturated carbocycles. The summed E-state index contributed by atoms with van der Waals surface area (Å²) in [5.41, 5.74) is 1.07. The average Bonchev–Trinajstić information content (AvgIpc) is 2.72. The summed E-state index contributed by atoms with van der Waals surface area (Å²) in [7, 11) is -2.82. The maximum absolute atomic E-state index is 11.6. The highest BCUT2D eigenvalue weighted by atomic mass is 32.2. The largest absolute Gasteiger partial charge is 0.309 e. The van der Waals surface area contributed by atoms with Crippen LogP contribution in [0.5, 0.6) is 0 Å². The van der Waals surface area contributed by atoms with Gasteiger partial charge in [0, 0.05) is 18.0 Å². The van der Waals surface area contributed by atoms with Crippen molar-refractivity contribution in [1.82, 2.24) is 10.3 Å². The summed E-state index contributed by atoms with van der Waals surface area (Å²) in [4.78, 5) is 5.65. The molecule has 1 unspecified atom stereocenters. The van der Waals surface area contributed by atoms with E-state index in [2.05, 4.69) is 17.2 Å². The Labute approximate surface area is 106 Å². The highest BCUT2D eigenvalue weighted by molar-refractivity contribution is 7.92. The van der Waals surface area contributed by atoms with Crippen LogP contribution < -0.4 is 5.32 Å². The van der Waals surface area contributed by atoms with E-state index in [-0.39, 0.29) is 5.25 Å². The lowest BCUT2D eigenvalue weighted by Crippen LogP contribution is -2.30. The summed E-state index contributed by atoms with van der Waals surface area (Å²) in [6, 6.07) is 0. The minimum absolute atomic E-state index is 0.190. The van der Waals surface area contributed by atoms with E-state index in [9.17, 15) is 8.42 Å². The van der Waals surface area contributed by atoms with Gasteiger partial charge in [-0.15, -0.1) is 11.3 Å². The molecule has 17 heavy (non-hydrogen) atoms. The van der Waals surface area contributed by atoms with Crippen molar-refractivity contribution in [3.05, 3.63) is 15.6 Å². The Kier molecular flexibility index (Phi) is 3.85. The number of sulfone groups is 1. The molecule has 2 heterocycles. The summed E-state index contributed by atoms with van der Waals surface area (Å²) >= 11 is 1.67. The van der Waals surface area contributed by atoms with Gasteiger partial charge in [-0.1, -0.05) is 0 Å². The Morgan fingerprint density at radius 2 is 2.24 bits per heavy atom. The third kappa shape index (κ3) is 3.05. The van der Waals surface area contributed by atoms with Crippen molar-refractivity contribution >= 4 is 21.2 Å². The van der Waals surface area contributed by atoms with E-state index in [1.807, 2.05) is 6.92 Å². The lowest BCUT2D eigenvalue weighted by atomic mass is 10.2. The first kappa shape index (κ1) is 13.0. The molecule has 6 heteroatoms. The van der Waals surface area contributed by atoms with Gasteiger partial charge in [-0.3, -0.25) is 0 Å². The molecule has 96 valence electrons. The minimum Gasteiger partial charge on any atom is -0.309 e. The molecule has 0 amide bonds. The number of rotatable bonds is 4. The molecule has 1 saturated heterocycles. The smallest absolute Gasteiger partial charge is 0.154 e. The SMILES string of the molecule is Cc1nc(CNCC2CCCS2(=O)=O)sc1C. The first-order chi connectivity index (χ1) is 7.99. The second-order valence-electron chi connectivity index (χ2n) is 4.51. The minimum atomic E-state index is -2.82. The summed E-state index contributed by atoms with van der Waals surface area (Å²) in [5, 5.41) is 4.06. The number of nitrogens with zero attached hydrogens (tertiary/aromatic N) is 1. The fraction of sp³-hybridized carbons (Fsp3) is 0.727. The molecule has 1 aromatic heterocycles. The quantitative estimate of drug-likeness (QED) is 0.902. The number of nitrogens with one attached hydrogen (secondary N) is 1. The fourth-order valence-corrected chi connectivity index (χ4v) is 4.75. The molecule has 1 N–H and O–H groups in total. The van der Waals surface area contributed by atoms with E-state index < -0.39 is 9.84 Å². The third-order valence-electron chi connectivity index (χ3n) is 3.18. The predicted octanol–water partition coefficient (Wildman–Crippen LogP) is 1.43. The van der Waals surface area contributed by atoms with E-state index in [0.717, 1.165) is 23.5 Å². The first-order valence-corrected chi connectivity index (χ1v) is 8.37. The zero-order valence-electron chi connectivity index (χ0n) is 10.2. The Hall–Kier alpha value is -0.460. The van der Waals surface area contributed by atoms with E-state index >= 15 is 0 Å². The molecule has 2 rings (SSSR count). The van der Waals surface area contributed by atoms with Gasteiger partial charge in [-0.25, -0.2) is 13.4 Å². The second kappa shape index (κ2) is 5.04. The van der Waals surface area contributed by atoms with Crippen molar-refractivity contribution in [2.45, 2.75) is 38.5 Å². The standard InChI is InChI=1S/C11H18N2O2S2/c1-8-9(2)16-11(13-8)7-12-6-10-4-3-5-17(10,14)15/h10,12H,3-7H2,1-2H3. The van der Waals surface area contributed by atoms with Gasteiger partial charge in [-0.05, 0) is 26.7 Å². The van der Waals surface area contributed by atoms with Crippen LogP contribution in [0.2, 0.25) is 0 Å². The molecule has 1 aromatic rings. The van der Waals surface area contributed by atoms with Gasteiger partial charge in [0.15, 0.2) is 9.84 Å². The second-order valence-corrected chi connectivity index (χ2v) is 8.20. The Morgan fingerprint density at radius 1 is 1.47 bits per heavy atom. The lowest BCUT2D eigenvalue weighted by Gasteiger charge is -2.09. The topological polar surface area (TPSA) is 59.1 Å². The van der Waals surface area contributed by atoms with Crippen LogP contribution in [0.15, 0.2) is 0 Å². The molecule has 4 nitrogen and oxygen atoms in total. The molecule has 0 spiro atoms. The highest BCUT2D eigenvalue weighted by Crippen LogP contribution is 2.20. The van der Waals surface area contributed by atoms with Crippen LogP contribution >= 0.6 is 11.3 Å². The van der Waals surface area contributed by atoms with E-state index in [4.69, 9.17) is 0 Å². The van der Waals surface area contributed by atoms with Crippen molar-refractivity contribution in [3.8, 4) is 0 Å². The molecule has 0 aliphatic carbocycles. The Morgan fingerprint density at radius 3 is 2.76 bits per heavy atom. The lowest BCUT2D eigenvalue weighted by molar-refractivity contribution is 0.573. The summed E-state index contributed by atoms with van der Waals surface area (Å²) in [5.74, 6) is 0.356. The van der Waals surface area contributed by atoms with Gasteiger partial charge in [-0.2, -0.15) is 0 Å². The molecular formula is C11H18N2O2S2. The number of hydrogen-bond donors (Lipinski definition) is 1. The van der Waals surface area contributed by atoms with Crippen LogP contribution in [0.4, 0.5) is 0 Å². The van der Waals surface area contributed by atoms with Crippen molar-refractivity contribution in [2.24, 2.45) is 0 Å². The van der Waals surface area contributed by atoms with Crippen molar-refractivity contribution in [2.75, 3.05) is 12.3 Å². The average molecular weight is 274 g/mol. The van der Waals surface area contributed by atoms with Crippen LogP contribution in [0.25, 0.3) is 0 Å². The van der Waals surface area contributed by atoms with Crippen LogP contribution in [0.3, 0.4) is 0 Å². The van der Waals surface area contributed by atoms with E-state index in [1.54, 1.807) is 11.3 Å². The van der Waals surface area contributed by atoms with Crippen molar-refractivity contribution in [1.29, 1.82) is 0 Å². The summed E-state index contributed by atoms with van der Waals surface area (Å²) in [6.07, 6.45) is 1.61. The van der Waals surface area contributed by atoms with Crippen LogP contribution in [-0.2, 0) is 16.4 Å². The molecule has 0 aromatic carbocycles. The molecule has 1 aliphatic rings. The number of aromatic nitrogens is 1. The van der Waals surface area contributed by atoms with Gasteiger partial charge < -0.3 is 5.32 Å². The van der Waals surface area contributed by atoms with Gasteiger partial charge in [0.1, 0.15) is 5.01 Å². The van der Waals surface area contributed by atoms with Crippen molar-refractivity contribution < 1.29 is 8.42 Å². The van der Waals surface area contributed by atoms with Crippen molar-refractivity contribution in [3.63, 3.8) is 0 Å². The monoisotopic (exact) mass is 274 g/mol. The Balaban J connectivity index is 1.84. The zero-order chi connectivity index (χ0) is 12.5. The maximum Gasteiger partial charge on any atom is 0.154 e. The molecule has 0 radical (unpaired) electrons. The van der Waals surface area contributed by atoms with E-state index in [0.29, 0.717) is 18.8 Å². The molecule has 1 atom stereocenters. The molecular weight excluding hydrogens is 256 g/mol. The van der Waals surface area contributed by atoms with Crippen LogP contribution in [0.1, 0.15) is 28.4 Å². The molecule has 1 aliphatic heterocycles. The predicted molar refractivity (Wildman–Crippen MR) is 70.1 cm³/mol. The van der Waals surface area contributed by atoms with Crippen LogP contribution in [0, 0.1) is 13.8 Å². The zero-order valence-corrected chi connectivity index (χ0v) is 11.8. The first-order valence-electron chi connectivity index (χ1n) is 5.84. The van der Waals surface area contributed by atoms with Gasteiger partial charge in [0.2, 0.25) is 0 Å². The fourth-order valence-electron chi connectivity index (χ4n) is 2.04. The highest BCUT2D eigenvalue weighted by Gasteiger charge is 2.30.